The van der Waals surface area contributed by atoms with Crippen molar-refractivity contribution in [2.45, 2.75) is 50.9 Å². The second-order valence-electron chi connectivity index (χ2n) is 8.48. The number of hydrogen-bond acceptors (Lipinski definition) is 6. The van der Waals surface area contributed by atoms with Crippen LogP contribution in [0, 0.1) is 5.92 Å². The maximum absolute atomic E-state index is 12.5. The van der Waals surface area contributed by atoms with Crippen LogP contribution in [0.3, 0.4) is 0 Å². The lowest BCUT2D eigenvalue weighted by Crippen LogP contribution is -2.20. The van der Waals surface area contributed by atoms with Crippen LogP contribution in [0.4, 0.5) is 0 Å². The van der Waals surface area contributed by atoms with Gasteiger partial charge in [0, 0.05) is 18.4 Å². The maximum atomic E-state index is 12.5. The molecule has 7 heteroatoms. The molecule has 33 heavy (non-hydrogen) atoms. The smallest absolute Gasteiger partial charge is 0.318 e. The molecule has 2 aliphatic rings. The van der Waals surface area contributed by atoms with Gasteiger partial charge in [-0.1, -0.05) is 44.1 Å². The van der Waals surface area contributed by atoms with Gasteiger partial charge in [-0.3, -0.25) is 4.79 Å². The lowest BCUT2D eigenvalue weighted by atomic mass is 9.84. The van der Waals surface area contributed by atoms with Crippen molar-refractivity contribution < 1.29 is 27.4 Å². The Balaban J connectivity index is 1.32. The highest BCUT2D eigenvalue weighted by molar-refractivity contribution is 7.94. The Hall–Kier alpha value is -2.38. The van der Waals surface area contributed by atoms with E-state index in [1.54, 1.807) is 6.08 Å². The summed E-state index contributed by atoms with van der Waals surface area (Å²) in [6.45, 7) is 4.27. The number of carbonyl (C=O) groups is 1. The van der Waals surface area contributed by atoms with Crippen molar-refractivity contribution in [1.29, 1.82) is 0 Å². The Kier molecular flexibility index (Phi) is 9.76. The summed E-state index contributed by atoms with van der Waals surface area (Å²) in [7, 11) is -3.22. The van der Waals surface area contributed by atoms with Crippen molar-refractivity contribution in [2.24, 2.45) is 5.92 Å². The number of sulfone groups is 1. The molecule has 0 N–H and O–H groups in total. The molecule has 2 aliphatic carbocycles. The van der Waals surface area contributed by atoms with Gasteiger partial charge in [-0.2, -0.15) is 0 Å². The normalized spacial score (nSPS) is 19.0. The third-order valence-electron chi connectivity index (χ3n) is 6.01. The molecule has 6 nitrogen and oxygen atoms in total. The predicted molar refractivity (Wildman–Crippen MR) is 129 cm³/mol. The van der Waals surface area contributed by atoms with Crippen LogP contribution in [-0.2, 0) is 24.1 Å². The molecule has 0 spiro atoms. The van der Waals surface area contributed by atoms with Crippen LogP contribution in [0.2, 0.25) is 0 Å². The molecular weight excluding hydrogens is 440 g/mol. The number of benzene rings is 1. The van der Waals surface area contributed by atoms with Crippen molar-refractivity contribution >= 4 is 15.8 Å². The van der Waals surface area contributed by atoms with E-state index in [9.17, 15) is 13.2 Å². The number of carbonyl (C=O) groups excluding carboxylic acids is 1. The van der Waals surface area contributed by atoms with Gasteiger partial charge in [0.25, 0.3) is 0 Å². The molecule has 1 aromatic carbocycles. The summed E-state index contributed by atoms with van der Waals surface area (Å²) < 4.78 is 39.1. The summed E-state index contributed by atoms with van der Waals surface area (Å²) in [6, 6.07) is 7.97. The van der Waals surface area contributed by atoms with Crippen molar-refractivity contribution in [3.63, 3.8) is 0 Å². The second kappa shape index (κ2) is 12.8. The first kappa shape index (κ1) is 25.2. The van der Waals surface area contributed by atoms with Gasteiger partial charge in [0.2, 0.25) is 0 Å². The molecule has 1 aromatic rings. The summed E-state index contributed by atoms with van der Waals surface area (Å²) in [5, 5.41) is 0.943. The Morgan fingerprint density at radius 2 is 1.82 bits per heavy atom. The Bertz CT molecular complexity index is 939. The highest BCUT2D eigenvalue weighted by Gasteiger charge is 2.21. The zero-order chi connectivity index (χ0) is 23.5. The fraction of sp³-hybridized carbons (Fsp3) is 0.500. The minimum absolute atomic E-state index is 0.0621. The highest BCUT2D eigenvalue weighted by Crippen LogP contribution is 2.33. The van der Waals surface area contributed by atoms with E-state index in [1.807, 2.05) is 24.3 Å². The summed E-state index contributed by atoms with van der Waals surface area (Å²) in [5.74, 6) is 1.27. The van der Waals surface area contributed by atoms with E-state index < -0.39 is 9.84 Å². The molecule has 0 aliphatic heterocycles. The van der Waals surface area contributed by atoms with Crippen molar-refractivity contribution in [3.05, 3.63) is 65.8 Å². The lowest BCUT2D eigenvalue weighted by molar-refractivity contribution is -0.137. The first-order valence-electron chi connectivity index (χ1n) is 11.7. The van der Waals surface area contributed by atoms with Gasteiger partial charge in [-0.05, 0) is 55.0 Å². The molecule has 1 fully saturated rings. The van der Waals surface area contributed by atoms with E-state index in [2.05, 4.69) is 18.7 Å². The van der Waals surface area contributed by atoms with Gasteiger partial charge >= 0.3 is 5.97 Å². The van der Waals surface area contributed by atoms with Crippen molar-refractivity contribution in [3.8, 4) is 5.75 Å². The van der Waals surface area contributed by atoms with Crippen LogP contribution in [0.5, 0.6) is 5.75 Å². The average molecular weight is 475 g/mol. The third-order valence-corrected chi connectivity index (χ3v) is 7.26. The van der Waals surface area contributed by atoms with Gasteiger partial charge in [0.05, 0.1) is 24.9 Å². The molecule has 180 valence electrons. The van der Waals surface area contributed by atoms with Crippen LogP contribution in [0.1, 0.15) is 56.4 Å². The standard InChI is InChI=1S/C26H34O6S/c1-2-33(28,29)20-19-30-17-6-18-31-24-13-11-23(12-14-24)26(27)32-25-15-9-22(10-16-25)21-7-4-3-5-8-21/h2,9-11,13-16,21,23H,1,3-8,12,17-20H2. The van der Waals surface area contributed by atoms with Crippen molar-refractivity contribution in [1.82, 2.24) is 0 Å². The summed E-state index contributed by atoms with van der Waals surface area (Å²) in [6.07, 6.45) is 13.1. The fourth-order valence-corrected chi connectivity index (χ4v) is 4.55. The molecule has 1 atom stereocenters. The van der Waals surface area contributed by atoms with E-state index in [0.717, 1.165) is 5.41 Å². The molecule has 0 saturated heterocycles. The number of allylic oxidation sites excluding steroid dienone is 2. The zero-order valence-corrected chi connectivity index (χ0v) is 19.9. The fourth-order valence-electron chi connectivity index (χ4n) is 4.03. The zero-order valence-electron chi connectivity index (χ0n) is 19.1. The minimum atomic E-state index is -3.22. The monoisotopic (exact) mass is 474 g/mol. The predicted octanol–water partition coefficient (Wildman–Crippen LogP) is 5.08. The van der Waals surface area contributed by atoms with Gasteiger partial charge in [-0.15, -0.1) is 0 Å². The van der Waals surface area contributed by atoms with Crippen LogP contribution in [0.25, 0.3) is 0 Å². The largest absolute Gasteiger partial charge is 0.494 e. The molecule has 0 bridgehead atoms. The first-order valence-corrected chi connectivity index (χ1v) is 13.4. The van der Waals surface area contributed by atoms with E-state index in [1.165, 1.54) is 37.7 Å². The third kappa shape index (κ3) is 8.48. The Morgan fingerprint density at radius 1 is 1.06 bits per heavy atom. The van der Waals surface area contributed by atoms with Gasteiger partial charge < -0.3 is 14.2 Å². The van der Waals surface area contributed by atoms with Crippen LogP contribution >= 0.6 is 0 Å². The molecule has 0 amide bonds. The summed E-state index contributed by atoms with van der Waals surface area (Å²) >= 11 is 0. The van der Waals surface area contributed by atoms with Gasteiger partial charge in [0.1, 0.15) is 11.5 Å². The molecular formula is C26H34O6S. The number of rotatable bonds is 12. The quantitative estimate of drug-likeness (QED) is 0.239. The Labute approximate surface area is 197 Å². The molecule has 0 aromatic heterocycles. The molecule has 0 heterocycles. The maximum Gasteiger partial charge on any atom is 0.318 e. The molecule has 0 radical (unpaired) electrons. The molecule has 3 rings (SSSR count). The second-order valence-corrected chi connectivity index (χ2v) is 10.5. The summed E-state index contributed by atoms with van der Waals surface area (Å²) in [5.41, 5.74) is 1.34. The molecule has 1 unspecified atom stereocenters. The lowest BCUT2D eigenvalue weighted by Gasteiger charge is -2.22. The van der Waals surface area contributed by atoms with Crippen LogP contribution < -0.4 is 4.74 Å². The van der Waals surface area contributed by atoms with E-state index in [4.69, 9.17) is 14.2 Å². The van der Waals surface area contributed by atoms with E-state index in [-0.39, 0.29) is 24.2 Å². The molecule has 1 saturated carbocycles. The first-order chi connectivity index (χ1) is 16.0. The number of hydrogen-bond donors (Lipinski definition) is 0. The van der Waals surface area contributed by atoms with Gasteiger partial charge in [0.15, 0.2) is 9.84 Å². The number of ether oxygens (including phenoxy) is 3. The number of esters is 1. The topological polar surface area (TPSA) is 78.9 Å². The van der Waals surface area contributed by atoms with Crippen molar-refractivity contribution in [2.75, 3.05) is 25.6 Å². The highest BCUT2D eigenvalue weighted by atomic mass is 32.2. The van der Waals surface area contributed by atoms with E-state index in [0.29, 0.717) is 43.5 Å². The van der Waals surface area contributed by atoms with Crippen LogP contribution in [-0.4, -0.2) is 40.0 Å². The Morgan fingerprint density at radius 3 is 2.48 bits per heavy atom. The van der Waals surface area contributed by atoms with E-state index >= 15 is 0 Å². The summed E-state index contributed by atoms with van der Waals surface area (Å²) in [4.78, 5) is 12.5. The van der Waals surface area contributed by atoms with Gasteiger partial charge in [-0.25, -0.2) is 8.42 Å². The SMILES string of the molecule is C=CS(=O)(=O)CCOCCCOC1=CCC(C(=O)Oc2ccc(C3CCCCC3)cc2)C=C1. The van der Waals surface area contributed by atoms with Crippen LogP contribution in [0.15, 0.2) is 60.2 Å². The minimum Gasteiger partial charge on any atom is -0.494 e. The average Bonchev–Trinajstić information content (AvgIpc) is 2.85.